The second-order valence-electron chi connectivity index (χ2n) is 5.29. The third kappa shape index (κ3) is 4.02. The van der Waals surface area contributed by atoms with Gasteiger partial charge in [-0.15, -0.1) is 0 Å². The number of ether oxygens (including phenoxy) is 1. The normalized spacial score (nSPS) is 16.6. The van der Waals surface area contributed by atoms with Crippen LogP contribution in [0.5, 0.6) is 5.75 Å². The molecule has 0 aromatic heterocycles. The Bertz CT molecular complexity index is 360. The molecule has 1 unspecified atom stereocenters. The molecule has 1 aromatic rings. The molecular formula is C16H25NO. The zero-order valence-corrected chi connectivity index (χ0v) is 11.6. The first kappa shape index (κ1) is 13.4. The fraction of sp³-hybridized carbons (Fsp3) is 0.625. The number of nitrogens with one attached hydrogen (secondary N) is 1. The third-order valence-electron chi connectivity index (χ3n) is 3.73. The lowest BCUT2D eigenvalue weighted by atomic mass is 10.0. The average molecular weight is 247 g/mol. The molecule has 2 nitrogen and oxygen atoms in total. The summed E-state index contributed by atoms with van der Waals surface area (Å²) in [7, 11) is 1.73. The van der Waals surface area contributed by atoms with Crippen molar-refractivity contribution >= 4 is 0 Å². The van der Waals surface area contributed by atoms with Crippen LogP contribution in [-0.4, -0.2) is 19.7 Å². The average Bonchev–Trinajstić information content (AvgIpc) is 3.23. The maximum absolute atomic E-state index is 5.27. The second-order valence-corrected chi connectivity index (χ2v) is 5.29. The summed E-state index contributed by atoms with van der Waals surface area (Å²) in [5.41, 5.74) is 1.39. The summed E-state index contributed by atoms with van der Waals surface area (Å²) in [6.07, 6.45) is 6.45. The standard InChI is InChI=1S/C16H25NO/c1-3-11-17-16(14-8-9-14)10-7-13-5-4-6-15(12-13)18-2/h4-6,12,14,16-17H,3,7-11H2,1-2H3. The highest BCUT2D eigenvalue weighted by atomic mass is 16.5. The van der Waals surface area contributed by atoms with Crippen molar-refractivity contribution in [1.29, 1.82) is 0 Å². The monoisotopic (exact) mass is 247 g/mol. The van der Waals surface area contributed by atoms with Crippen LogP contribution < -0.4 is 10.1 Å². The molecule has 2 heteroatoms. The maximum Gasteiger partial charge on any atom is 0.119 e. The molecule has 1 saturated carbocycles. The van der Waals surface area contributed by atoms with E-state index in [1.54, 1.807) is 7.11 Å². The number of benzene rings is 1. The lowest BCUT2D eigenvalue weighted by Crippen LogP contribution is -2.32. The topological polar surface area (TPSA) is 21.3 Å². The number of hydrogen-bond acceptors (Lipinski definition) is 2. The van der Waals surface area contributed by atoms with Gasteiger partial charge in [0, 0.05) is 6.04 Å². The molecule has 0 heterocycles. The molecule has 0 saturated heterocycles. The number of rotatable bonds is 8. The van der Waals surface area contributed by atoms with Crippen molar-refractivity contribution in [3.8, 4) is 5.75 Å². The number of methoxy groups -OCH3 is 1. The van der Waals surface area contributed by atoms with Crippen LogP contribution in [0.2, 0.25) is 0 Å². The lowest BCUT2D eigenvalue weighted by molar-refractivity contribution is 0.413. The minimum absolute atomic E-state index is 0.719. The van der Waals surface area contributed by atoms with Crippen LogP contribution in [0.3, 0.4) is 0 Å². The van der Waals surface area contributed by atoms with Gasteiger partial charge in [0.15, 0.2) is 0 Å². The molecule has 1 N–H and O–H groups in total. The van der Waals surface area contributed by atoms with E-state index in [9.17, 15) is 0 Å². The van der Waals surface area contributed by atoms with E-state index in [0.29, 0.717) is 0 Å². The van der Waals surface area contributed by atoms with Crippen molar-refractivity contribution in [1.82, 2.24) is 5.32 Å². The van der Waals surface area contributed by atoms with Gasteiger partial charge in [-0.1, -0.05) is 19.1 Å². The Balaban J connectivity index is 1.83. The summed E-state index contributed by atoms with van der Waals surface area (Å²) in [4.78, 5) is 0. The Morgan fingerprint density at radius 3 is 2.89 bits per heavy atom. The predicted molar refractivity (Wildman–Crippen MR) is 76.1 cm³/mol. The Hall–Kier alpha value is -1.02. The number of aryl methyl sites for hydroxylation is 1. The molecule has 18 heavy (non-hydrogen) atoms. The van der Waals surface area contributed by atoms with E-state index in [1.165, 1.54) is 31.2 Å². The first-order valence-corrected chi connectivity index (χ1v) is 7.19. The zero-order chi connectivity index (χ0) is 12.8. The van der Waals surface area contributed by atoms with Crippen molar-refractivity contribution in [3.63, 3.8) is 0 Å². The molecular weight excluding hydrogens is 222 g/mol. The summed E-state index contributed by atoms with van der Waals surface area (Å²) >= 11 is 0. The van der Waals surface area contributed by atoms with Crippen LogP contribution in [0.1, 0.15) is 38.2 Å². The molecule has 0 radical (unpaired) electrons. The van der Waals surface area contributed by atoms with Gasteiger partial charge in [-0.2, -0.15) is 0 Å². The van der Waals surface area contributed by atoms with Gasteiger partial charge in [0.05, 0.1) is 7.11 Å². The molecule has 0 amide bonds. The van der Waals surface area contributed by atoms with Gasteiger partial charge in [0.1, 0.15) is 5.75 Å². The summed E-state index contributed by atoms with van der Waals surface area (Å²) < 4.78 is 5.27. The molecule has 1 aliphatic carbocycles. The second kappa shape index (κ2) is 6.79. The fourth-order valence-corrected chi connectivity index (χ4v) is 2.48. The highest BCUT2D eigenvalue weighted by molar-refractivity contribution is 5.28. The van der Waals surface area contributed by atoms with Gasteiger partial charge in [0.25, 0.3) is 0 Å². The largest absolute Gasteiger partial charge is 0.497 e. The van der Waals surface area contributed by atoms with Crippen LogP contribution in [0.25, 0.3) is 0 Å². The van der Waals surface area contributed by atoms with Crippen molar-refractivity contribution in [2.45, 2.75) is 45.1 Å². The van der Waals surface area contributed by atoms with Gasteiger partial charge >= 0.3 is 0 Å². The minimum Gasteiger partial charge on any atom is -0.497 e. The third-order valence-corrected chi connectivity index (χ3v) is 3.73. The molecule has 1 aromatic carbocycles. The SMILES string of the molecule is CCCNC(CCc1cccc(OC)c1)C1CC1. The van der Waals surface area contributed by atoms with Crippen molar-refractivity contribution < 1.29 is 4.74 Å². The minimum atomic E-state index is 0.719. The molecule has 1 fully saturated rings. The van der Waals surface area contributed by atoms with E-state index in [0.717, 1.165) is 30.7 Å². The molecule has 100 valence electrons. The van der Waals surface area contributed by atoms with E-state index in [4.69, 9.17) is 4.74 Å². The molecule has 1 aliphatic rings. The van der Waals surface area contributed by atoms with E-state index in [1.807, 2.05) is 6.07 Å². The predicted octanol–water partition coefficient (Wildman–Crippen LogP) is 3.41. The van der Waals surface area contributed by atoms with Gasteiger partial charge < -0.3 is 10.1 Å². The van der Waals surface area contributed by atoms with E-state index < -0.39 is 0 Å². The molecule has 0 spiro atoms. The van der Waals surface area contributed by atoms with Gasteiger partial charge in [-0.05, 0) is 62.3 Å². The summed E-state index contributed by atoms with van der Waals surface area (Å²) in [6.45, 7) is 3.39. The Morgan fingerprint density at radius 2 is 2.22 bits per heavy atom. The van der Waals surface area contributed by atoms with Crippen molar-refractivity contribution in [2.75, 3.05) is 13.7 Å². The van der Waals surface area contributed by atoms with E-state index >= 15 is 0 Å². The van der Waals surface area contributed by atoms with Crippen molar-refractivity contribution in [3.05, 3.63) is 29.8 Å². The maximum atomic E-state index is 5.27. The van der Waals surface area contributed by atoms with Crippen LogP contribution in [0, 0.1) is 5.92 Å². The number of hydrogen-bond donors (Lipinski definition) is 1. The van der Waals surface area contributed by atoms with Crippen LogP contribution >= 0.6 is 0 Å². The lowest BCUT2D eigenvalue weighted by Gasteiger charge is -2.18. The molecule has 0 aliphatic heterocycles. The molecule has 1 atom stereocenters. The summed E-state index contributed by atoms with van der Waals surface area (Å²) in [5.74, 6) is 1.90. The smallest absolute Gasteiger partial charge is 0.119 e. The quantitative estimate of drug-likeness (QED) is 0.760. The van der Waals surface area contributed by atoms with Crippen LogP contribution in [-0.2, 0) is 6.42 Å². The van der Waals surface area contributed by atoms with E-state index in [-0.39, 0.29) is 0 Å². The van der Waals surface area contributed by atoms with Gasteiger partial charge in [-0.25, -0.2) is 0 Å². The Labute approximate surface area is 111 Å². The van der Waals surface area contributed by atoms with Crippen LogP contribution in [0.4, 0.5) is 0 Å². The molecule has 2 rings (SSSR count). The van der Waals surface area contributed by atoms with E-state index in [2.05, 4.69) is 30.4 Å². The van der Waals surface area contributed by atoms with Crippen LogP contribution in [0.15, 0.2) is 24.3 Å². The first-order valence-electron chi connectivity index (χ1n) is 7.19. The Morgan fingerprint density at radius 1 is 1.39 bits per heavy atom. The zero-order valence-electron chi connectivity index (χ0n) is 11.6. The Kier molecular flexibility index (Phi) is 5.06. The summed E-state index contributed by atoms with van der Waals surface area (Å²) in [6, 6.07) is 9.17. The van der Waals surface area contributed by atoms with Gasteiger partial charge in [0.2, 0.25) is 0 Å². The van der Waals surface area contributed by atoms with Crippen molar-refractivity contribution in [2.24, 2.45) is 5.92 Å². The highest BCUT2D eigenvalue weighted by Crippen LogP contribution is 2.34. The highest BCUT2D eigenvalue weighted by Gasteiger charge is 2.30. The fourth-order valence-electron chi connectivity index (χ4n) is 2.48. The first-order chi connectivity index (χ1) is 8.83. The summed E-state index contributed by atoms with van der Waals surface area (Å²) in [5, 5.41) is 3.70. The van der Waals surface area contributed by atoms with Gasteiger partial charge in [-0.3, -0.25) is 0 Å². The molecule has 0 bridgehead atoms.